The van der Waals surface area contributed by atoms with E-state index in [9.17, 15) is 9.46 Å². The number of nitrogens with zero attached hydrogens (tertiary/aromatic N) is 1. The molecule has 0 fully saturated rings. The molecule has 0 aromatic heterocycles. The summed E-state index contributed by atoms with van der Waals surface area (Å²) in [4.78, 5) is 12.1. The molecule has 0 bridgehead atoms. The zero-order valence-electron chi connectivity index (χ0n) is 35.5. The third-order valence-corrected chi connectivity index (χ3v) is 10.8. The minimum Gasteiger partial charge on any atom is -0.497 e. The molecule has 0 aliphatic rings. The van der Waals surface area contributed by atoms with Crippen molar-refractivity contribution in [2.45, 2.75) is 129 Å². The van der Waals surface area contributed by atoms with E-state index in [1.54, 1.807) is 7.11 Å². The first kappa shape index (κ1) is 50.5. The van der Waals surface area contributed by atoms with Crippen LogP contribution in [-0.2, 0) is 37.3 Å². The predicted molar refractivity (Wildman–Crippen MR) is 225 cm³/mol. The van der Waals surface area contributed by atoms with Gasteiger partial charge in [0.2, 0.25) is 0 Å². The highest BCUT2D eigenvalue weighted by Gasteiger charge is 2.24. The molecule has 2 rings (SSSR count). The predicted octanol–water partition coefficient (Wildman–Crippen LogP) is 9.78. The molecule has 324 valence electrons. The lowest BCUT2D eigenvalue weighted by molar-refractivity contribution is -0.142. The maximum atomic E-state index is 12.5. The fraction of sp³-hybridized carbons (Fsp3) is 0.767. The lowest BCUT2D eigenvalue weighted by Crippen LogP contribution is -2.29. The Morgan fingerprint density at radius 1 is 0.714 bits per heavy atom. The van der Waals surface area contributed by atoms with Gasteiger partial charge >= 0.3 is 7.82 Å². The van der Waals surface area contributed by atoms with Crippen molar-refractivity contribution in [1.82, 2.24) is 10.2 Å². The maximum Gasteiger partial charge on any atom is 0.472 e. The molecule has 0 aliphatic carbocycles. The summed E-state index contributed by atoms with van der Waals surface area (Å²) in [5, 5.41) is 5.47. The van der Waals surface area contributed by atoms with E-state index in [-0.39, 0.29) is 39.5 Å². The van der Waals surface area contributed by atoms with Gasteiger partial charge in [-0.2, -0.15) is 0 Å². The minimum atomic E-state index is -4.26. The van der Waals surface area contributed by atoms with E-state index >= 15 is 0 Å². The van der Waals surface area contributed by atoms with Crippen molar-refractivity contribution >= 4 is 18.6 Å². The average molecular weight is 813 g/mol. The topological polar surface area (TPSA) is 126 Å². The van der Waals surface area contributed by atoms with Crippen LogP contribution < -0.4 is 10.1 Å². The molecule has 0 spiro atoms. The number of phosphoric acid groups is 1. The number of unbranched alkanes of at least 4 members (excludes halogenated alkanes) is 14. The van der Waals surface area contributed by atoms with Gasteiger partial charge in [0.15, 0.2) is 0 Å². The van der Waals surface area contributed by atoms with Crippen molar-refractivity contribution in [1.29, 1.82) is 0 Å². The molecule has 56 heavy (non-hydrogen) atoms. The molecule has 0 saturated heterocycles. The summed E-state index contributed by atoms with van der Waals surface area (Å²) in [6.07, 6.45) is 19.1. The second-order valence-electron chi connectivity index (χ2n) is 14.6. The van der Waals surface area contributed by atoms with Crippen LogP contribution in [0.4, 0.5) is 0 Å². The molecule has 2 aromatic carbocycles. The van der Waals surface area contributed by atoms with Gasteiger partial charge in [-0.1, -0.05) is 122 Å². The van der Waals surface area contributed by atoms with Crippen LogP contribution in [-0.4, -0.2) is 103 Å². The summed E-state index contributed by atoms with van der Waals surface area (Å²) >= 11 is 0. The zero-order valence-corrected chi connectivity index (χ0v) is 36.4. The molecule has 3 unspecified atom stereocenters. The summed E-state index contributed by atoms with van der Waals surface area (Å²) in [6, 6.07) is 12.3. The third kappa shape index (κ3) is 25.6. The van der Waals surface area contributed by atoms with E-state index in [0.29, 0.717) is 33.0 Å². The number of hydrogen-bond acceptors (Lipinski definition) is 11. The van der Waals surface area contributed by atoms with Crippen LogP contribution in [0.5, 0.6) is 5.75 Å². The molecular formula is C43H77N2O10P. The van der Waals surface area contributed by atoms with E-state index in [1.807, 2.05) is 44.0 Å². The van der Waals surface area contributed by atoms with Gasteiger partial charge < -0.3 is 38.2 Å². The van der Waals surface area contributed by atoms with Gasteiger partial charge in [-0.25, -0.2) is 4.57 Å². The number of hydrogen-bond donors (Lipinski definition) is 2. The zero-order chi connectivity index (χ0) is 40.5. The van der Waals surface area contributed by atoms with Crippen molar-refractivity contribution in [3.63, 3.8) is 0 Å². The lowest BCUT2D eigenvalue weighted by Gasteiger charge is -2.21. The maximum absolute atomic E-state index is 12.5. The Morgan fingerprint density at radius 2 is 1.34 bits per heavy atom. The fourth-order valence-electron chi connectivity index (χ4n) is 6.02. The molecule has 2 aromatic rings. The van der Waals surface area contributed by atoms with Crippen molar-refractivity contribution < 1.29 is 46.9 Å². The molecule has 2 N–H and O–H groups in total. The molecule has 0 radical (unpaired) electrons. The SMILES string of the molecule is CCCCCCCCCCCCCCCCCOCOCC(COP(=O)(O)OCCN(C)CC)OCOCCNCOC(C)c1ccc2cc(OC)ccc2c1. The van der Waals surface area contributed by atoms with Gasteiger partial charge in [0.1, 0.15) is 25.4 Å². The van der Waals surface area contributed by atoms with Crippen LogP contribution >= 0.6 is 7.82 Å². The van der Waals surface area contributed by atoms with Gasteiger partial charge in [0, 0.05) is 19.7 Å². The van der Waals surface area contributed by atoms with Crippen LogP contribution in [0.25, 0.3) is 10.8 Å². The van der Waals surface area contributed by atoms with Gasteiger partial charge in [-0.05, 0) is 61.5 Å². The van der Waals surface area contributed by atoms with Crippen molar-refractivity contribution in [2.75, 3.05) is 87.1 Å². The Labute approximate surface area is 339 Å². The van der Waals surface area contributed by atoms with Crippen LogP contribution in [0.2, 0.25) is 0 Å². The van der Waals surface area contributed by atoms with Crippen LogP contribution in [0, 0.1) is 0 Å². The first-order valence-electron chi connectivity index (χ1n) is 21.3. The average Bonchev–Trinajstić information content (AvgIpc) is 3.20. The third-order valence-electron chi connectivity index (χ3n) is 9.84. The van der Waals surface area contributed by atoms with Crippen LogP contribution in [0.15, 0.2) is 36.4 Å². The number of benzene rings is 2. The van der Waals surface area contributed by atoms with Crippen molar-refractivity contribution in [2.24, 2.45) is 0 Å². The molecule has 12 nitrogen and oxygen atoms in total. The number of phosphoric ester groups is 1. The van der Waals surface area contributed by atoms with Crippen molar-refractivity contribution in [3.05, 3.63) is 42.0 Å². The molecule has 3 atom stereocenters. The van der Waals surface area contributed by atoms with Gasteiger partial charge in [0.05, 0.1) is 46.4 Å². The van der Waals surface area contributed by atoms with E-state index in [0.717, 1.165) is 41.5 Å². The summed E-state index contributed by atoms with van der Waals surface area (Å²) in [5.41, 5.74) is 1.09. The second kappa shape index (κ2) is 33.2. The molecule has 0 heterocycles. The van der Waals surface area contributed by atoms with Crippen LogP contribution in [0.1, 0.15) is 129 Å². The summed E-state index contributed by atoms with van der Waals surface area (Å²) in [6.45, 7) is 9.54. The Morgan fingerprint density at radius 3 is 2.00 bits per heavy atom. The van der Waals surface area contributed by atoms with Crippen molar-refractivity contribution in [3.8, 4) is 5.75 Å². The molecule has 0 amide bonds. The Bertz CT molecular complexity index is 1270. The molecule has 0 saturated carbocycles. The number of fused-ring (bicyclic) bond motifs is 1. The Kier molecular flexibility index (Phi) is 29.9. The highest BCUT2D eigenvalue weighted by atomic mass is 31.2. The molecule has 0 aliphatic heterocycles. The summed E-state index contributed by atoms with van der Waals surface area (Å²) in [7, 11) is -0.686. The minimum absolute atomic E-state index is 0.0456. The molecular weight excluding hydrogens is 735 g/mol. The van der Waals surface area contributed by atoms with Gasteiger partial charge in [-0.3, -0.25) is 14.4 Å². The largest absolute Gasteiger partial charge is 0.497 e. The smallest absolute Gasteiger partial charge is 0.472 e. The van der Waals surface area contributed by atoms with Gasteiger partial charge in [-0.15, -0.1) is 0 Å². The number of methoxy groups -OCH3 is 1. The number of nitrogens with one attached hydrogen (secondary N) is 1. The highest BCUT2D eigenvalue weighted by Crippen LogP contribution is 2.43. The summed E-state index contributed by atoms with van der Waals surface area (Å²) < 4.78 is 56.9. The second-order valence-corrected chi connectivity index (χ2v) is 16.0. The van der Waals surface area contributed by atoms with Crippen LogP contribution in [0.3, 0.4) is 0 Å². The first-order chi connectivity index (χ1) is 27.3. The standard InChI is InChI=1S/C43H77N2O10P/c1-6-8-9-10-11-12-13-14-15-16-17-18-19-20-21-28-49-36-51-33-43(34-55-56(46,47)54-30-27-45(4)7-2)53-37-50-29-26-44-35-52-38(3)39-22-23-41-32-42(48-5)25-24-40(41)31-39/h22-25,31-32,38,43-44H,6-21,26-30,33-37H2,1-5H3,(H,46,47). The van der Waals surface area contributed by atoms with Gasteiger partial charge in [0.25, 0.3) is 0 Å². The lowest BCUT2D eigenvalue weighted by atomic mass is 10.0. The highest BCUT2D eigenvalue weighted by molar-refractivity contribution is 7.47. The van der Waals surface area contributed by atoms with E-state index < -0.39 is 13.9 Å². The van der Waals surface area contributed by atoms with E-state index in [1.165, 1.54) is 83.5 Å². The number of rotatable bonds is 39. The summed E-state index contributed by atoms with van der Waals surface area (Å²) in [5.74, 6) is 0.834. The van der Waals surface area contributed by atoms with E-state index in [2.05, 4.69) is 30.4 Å². The number of ether oxygens (including phenoxy) is 6. The Hall–Kier alpha value is -1.67. The quantitative estimate of drug-likeness (QED) is 0.0379. The first-order valence-corrected chi connectivity index (χ1v) is 22.8. The fourth-order valence-corrected chi connectivity index (χ4v) is 6.77. The Balaban J connectivity index is 1.57. The monoisotopic (exact) mass is 813 g/mol. The number of likely N-dealkylation sites (N-methyl/N-ethyl adjacent to an activating group) is 1. The normalized spacial score (nSPS) is 14.1. The van der Waals surface area contributed by atoms with E-state index in [4.69, 9.17) is 37.5 Å². The molecule has 13 heteroatoms.